The molecule has 3 heteroatoms. The van der Waals surface area contributed by atoms with Crippen LogP contribution in [0.3, 0.4) is 0 Å². The molecule has 13 heavy (non-hydrogen) atoms. The summed E-state index contributed by atoms with van der Waals surface area (Å²) in [5.41, 5.74) is 0. The molecule has 1 amide bonds. The van der Waals surface area contributed by atoms with Gasteiger partial charge in [-0.1, -0.05) is 36.2 Å². The Hall–Kier alpha value is -0.0500. The van der Waals surface area contributed by atoms with Crippen molar-refractivity contribution in [2.45, 2.75) is 33.1 Å². The second kappa shape index (κ2) is 7.36. The summed E-state index contributed by atoms with van der Waals surface area (Å²) in [6.07, 6.45) is 3.11. The summed E-state index contributed by atoms with van der Waals surface area (Å²) < 4.78 is 0. The number of carbonyl (C=O) groups is 1. The van der Waals surface area contributed by atoms with Crippen molar-refractivity contribution in [1.29, 1.82) is 0 Å². The van der Waals surface area contributed by atoms with Crippen molar-refractivity contribution in [2.75, 3.05) is 18.9 Å². The van der Waals surface area contributed by atoms with Gasteiger partial charge in [-0.15, -0.1) is 0 Å². The van der Waals surface area contributed by atoms with E-state index in [0.29, 0.717) is 0 Å². The van der Waals surface area contributed by atoms with Crippen LogP contribution in [0, 0.1) is 5.92 Å². The number of amides is 1. The third-order valence-corrected chi connectivity index (χ3v) is 2.71. The Balaban J connectivity index is 3.79. The first-order valence-corrected chi connectivity index (χ1v) is 6.06. The third kappa shape index (κ3) is 5.29. The fourth-order valence-corrected chi connectivity index (χ4v) is 1.59. The highest BCUT2D eigenvalue weighted by molar-refractivity contribution is 9.09. The molecule has 2 nitrogen and oxygen atoms in total. The van der Waals surface area contributed by atoms with Crippen LogP contribution in [-0.4, -0.2) is 29.7 Å². The van der Waals surface area contributed by atoms with Crippen molar-refractivity contribution in [1.82, 2.24) is 4.90 Å². The van der Waals surface area contributed by atoms with Crippen LogP contribution in [0.25, 0.3) is 0 Å². The van der Waals surface area contributed by atoms with Gasteiger partial charge >= 0.3 is 0 Å². The number of hydrogen-bond acceptors (Lipinski definition) is 1. The molecule has 0 saturated carbocycles. The molecule has 0 aromatic heterocycles. The molecule has 0 spiro atoms. The predicted molar refractivity (Wildman–Crippen MR) is 60.1 cm³/mol. The van der Waals surface area contributed by atoms with E-state index in [4.69, 9.17) is 0 Å². The van der Waals surface area contributed by atoms with Crippen LogP contribution < -0.4 is 0 Å². The second-order valence-corrected chi connectivity index (χ2v) is 4.29. The Morgan fingerprint density at radius 1 is 1.54 bits per heavy atom. The van der Waals surface area contributed by atoms with E-state index in [1.165, 1.54) is 0 Å². The van der Waals surface area contributed by atoms with Crippen LogP contribution in [0.1, 0.15) is 33.1 Å². The fourth-order valence-electron chi connectivity index (χ4n) is 1.34. The van der Waals surface area contributed by atoms with Gasteiger partial charge in [-0.25, -0.2) is 0 Å². The lowest BCUT2D eigenvalue weighted by molar-refractivity contribution is -0.133. The van der Waals surface area contributed by atoms with Gasteiger partial charge in [-0.2, -0.15) is 0 Å². The summed E-state index contributed by atoms with van der Waals surface area (Å²) in [7, 11) is 1.89. The predicted octanol–water partition coefficient (Wildman–Crippen LogP) is 2.67. The molecular weight excluding hydrogens is 230 g/mol. The Morgan fingerprint density at radius 2 is 2.15 bits per heavy atom. The minimum Gasteiger partial charge on any atom is -0.346 e. The quantitative estimate of drug-likeness (QED) is 0.664. The molecule has 0 heterocycles. The summed E-state index contributed by atoms with van der Waals surface area (Å²) in [6.45, 7) is 4.98. The Labute approximate surface area is 89.8 Å². The van der Waals surface area contributed by atoms with E-state index in [1.54, 1.807) is 0 Å². The Kier molecular flexibility index (Phi) is 7.33. The van der Waals surface area contributed by atoms with E-state index in [0.717, 1.165) is 31.1 Å². The first-order chi connectivity index (χ1) is 6.13. The topological polar surface area (TPSA) is 20.3 Å². The van der Waals surface area contributed by atoms with Crippen LogP contribution in [-0.2, 0) is 4.79 Å². The van der Waals surface area contributed by atoms with E-state index < -0.39 is 0 Å². The molecule has 1 atom stereocenters. The van der Waals surface area contributed by atoms with Crippen molar-refractivity contribution < 1.29 is 4.79 Å². The number of halogens is 1. The van der Waals surface area contributed by atoms with Crippen LogP contribution in [0.5, 0.6) is 0 Å². The van der Waals surface area contributed by atoms with Crippen LogP contribution in [0.2, 0.25) is 0 Å². The zero-order valence-electron chi connectivity index (χ0n) is 8.85. The monoisotopic (exact) mass is 249 g/mol. The Bertz CT molecular complexity index is 150. The number of hydrogen-bond donors (Lipinski definition) is 0. The molecule has 1 unspecified atom stereocenters. The van der Waals surface area contributed by atoms with E-state index in [1.807, 2.05) is 18.9 Å². The van der Waals surface area contributed by atoms with Crippen molar-refractivity contribution in [3.05, 3.63) is 0 Å². The van der Waals surface area contributed by atoms with Gasteiger partial charge in [0.2, 0.25) is 5.91 Å². The number of rotatable bonds is 6. The minimum absolute atomic E-state index is 0.185. The number of carbonyl (C=O) groups excluding carboxylic acids is 1. The molecule has 0 radical (unpaired) electrons. The molecule has 0 aromatic rings. The van der Waals surface area contributed by atoms with Crippen molar-refractivity contribution in [3.8, 4) is 0 Å². The second-order valence-electron chi connectivity index (χ2n) is 3.49. The summed E-state index contributed by atoms with van der Waals surface area (Å²) in [4.78, 5) is 13.5. The van der Waals surface area contributed by atoms with Crippen molar-refractivity contribution in [2.24, 2.45) is 5.92 Å². The number of nitrogens with zero attached hydrogens (tertiary/aromatic N) is 1. The van der Waals surface area contributed by atoms with Crippen molar-refractivity contribution >= 4 is 21.8 Å². The SMILES string of the molecule is CCCC(C)C(=O)N(C)CCCBr. The lowest BCUT2D eigenvalue weighted by Gasteiger charge is -2.20. The zero-order chi connectivity index (χ0) is 10.3. The highest BCUT2D eigenvalue weighted by Crippen LogP contribution is 2.08. The van der Waals surface area contributed by atoms with Gasteiger partial charge in [0.15, 0.2) is 0 Å². The molecule has 0 aromatic carbocycles. The molecule has 0 saturated heterocycles. The molecule has 0 bridgehead atoms. The first kappa shape index (κ1) is 12.9. The molecule has 0 rings (SSSR count). The van der Waals surface area contributed by atoms with Gasteiger partial charge in [0.1, 0.15) is 0 Å². The summed E-state index contributed by atoms with van der Waals surface area (Å²) in [5, 5.41) is 0.965. The minimum atomic E-state index is 0.185. The van der Waals surface area contributed by atoms with Gasteiger partial charge in [0, 0.05) is 24.8 Å². The molecule has 0 N–H and O–H groups in total. The van der Waals surface area contributed by atoms with E-state index in [-0.39, 0.29) is 11.8 Å². The highest BCUT2D eigenvalue weighted by Gasteiger charge is 2.15. The molecule has 0 aliphatic rings. The van der Waals surface area contributed by atoms with Gasteiger partial charge in [0.05, 0.1) is 0 Å². The maximum absolute atomic E-state index is 11.6. The summed E-state index contributed by atoms with van der Waals surface area (Å²) in [5.74, 6) is 0.466. The first-order valence-electron chi connectivity index (χ1n) is 4.94. The highest BCUT2D eigenvalue weighted by atomic mass is 79.9. The zero-order valence-corrected chi connectivity index (χ0v) is 10.4. The molecule has 0 fully saturated rings. The van der Waals surface area contributed by atoms with Crippen molar-refractivity contribution in [3.63, 3.8) is 0 Å². The largest absolute Gasteiger partial charge is 0.346 e. The smallest absolute Gasteiger partial charge is 0.225 e. The number of alkyl halides is 1. The molecule has 78 valence electrons. The lowest BCUT2D eigenvalue weighted by Crippen LogP contribution is -2.32. The van der Waals surface area contributed by atoms with Crippen LogP contribution in [0.4, 0.5) is 0 Å². The van der Waals surface area contributed by atoms with Gasteiger partial charge in [0.25, 0.3) is 0 Å². The van der Waals surface area contributed by atoms with E-state index in [9.17, 15) is 4.79 Å². The fraction of sp³-hybridized carbons (Fsp3) is 0.900. The normalized spacial score (nSPS) is 12.6. The maximum Gasteiger partial charge on any atom is 0.225 e. The van der Waals surface area contributed by atoms with Crippen LogP contribution >= 0.6 is 15.9 Å². The van der Waals surface area contributed by atoms with E-state index in [2.05, 4.69) is 22.9 Å². The molecule has 0 aliphatic carbocycles. The van der Waals surface area contributed by atoms with E-state index >= 15 is 0 Å². The molecular formula is C10H20BrNO. The van der Waals surface area contributed by atoms with Crippen LogP contribution in [0.15, 0.2) is 0 Å². The van der Waals surface area contributed by atoms with Gasteiger partial charge in [-0.05, 0) is 12.8 Å². The summed E-state index contributed by atoms with van der Waals surface area (Å²) >= 11 is 3.36. The van der Waals surface area contributed by atoms with Gasteiger partial charge in [-0.3, -0.25) is 4.79 Å². The Morgan fingerprint density at radius 3 is 2.62 bits per heavy atom. The molecule has 0 aliphatic heterocycles. The average molecular weight is 250 g/mol. The third-order valence-electron chi connectivity index (χ3n) is 2.15. The summed E-state index contributed by atoms with van der Waals surface area (Å²) in [6, 6.07) is 0. The lowest BCUT2D eigenvalue weighted by atomic mass is 10.1. The standard InChI is InChI=1S/C10H20BrNO/c1-4-6-9(2)10(13)12(3)8-5-7-11/h9H,4-8H2,1-3H3. The maximum atomic E-state index is 11.6. The average Bonchev–Trinajstić information content (AvgIpc) is 2.13. The van der Waals surface area contributed by atoms with Gasteiger partial charge < -0.3 is 4.90 Å².